The Kier molecular flexibility index (Phi) is 9.48. The average Bonchev–Trinajstić information content (AvgIpc) is 2.14. The molecule has 0 rings (SSSR count). The SMILES string of the molecule is CCOC(=O)CNCP(=O)(SC(C)C)SC(C)C. The van der Waals surface area contributed by atoms with E-state index in [4.69, 9.17) is 4.74 Å². The molecule has 7 heteroatoms. The molecule has 0 aliphatic rings. The van der Waals surface area contributed by atoms with Crippen LogP contribution in [0.2, 0.25) is 0 Å². The summed E-state index contributed by atoms with van der Waals surface area (Å²) in [6, 6.07) is 0. The molecule has 0 aliphatic carbocycles. The molecule has 0 radical (unpaired) electrons. The zero-order valence-corrected chi connectivity index (χ0v) is 14.3. The van der Waals surface area contributed by atoms with Crippen LogP contribution < -0.4 is 5.32 Å². The van der Waals surface area contributed by atoms with E-state index in [-0.39, 0.29) is 12.5 Å². The summed E-state index contributed by atoms with van der Waals surface area (Å²) in [6.07, 6.45) is 0.359. The molecule has 1 N–H and O–H groups in total. The van der Waals surface area contributed by atoms with Crippen LogP contribution in [-0.4, -0.2) is 35.9 Å². The molecule has 0 aliphatic heterocycles. The van der Waals surface area contributed by atoms with E-state index in [1.807, 2.05) is 27.7 Å². The van der Waals surface area contributed by atoms with Crippen LogP contribution in [0.4, 0.5) is 0 Å². The van der Waals surface area contributed by atoms with Gasteiger partial charge in [0.1, 0.15) is 0 Å². The van der Waals surface area contributed by atoms with E-state index in [0.717, 1.165) is 0 Å². The molecule has 0 heterocycles. The number of carbonyl (C=O) groups excluding carboxylic acids is 1. The van der Waals surface area contributed by atoms with Gasteiger partial charge in [-0.15, -0.1) is 0 Å². The van der Waals surface area contributed by atoms with E-state index in [1.54, 1.807) is 6.92 Å². The highest BCUT2D eigenvalue weighted by molar-refractivity contribution is 8.90. The Balaban J connectivity index is 4.25. The van der Waals surface area contributed by atoms with Crippen molar-refractivity contribution in [3.63, 3.8) is 0 Å². The van der Waals surface area contributed by atoms with Gasteiger partial charge >= 0.3 is 5.97 Å². The maximum atomic E-state index is 12.7. The minimum Gasteiger partial charge on any atom is -0.465 e. The smallest absolute Gasteiger partial charge is 0.319 e. The molecule has 0 saturated carbocycles. The lowest BCUT2D eigenvalue weighted by Crippen LogP contribution is -2.25. The fourth-order valence-corrected chi connectivity index (χ4v) is 11.7. The molecule has 0 fully saturated rings. The largest absolute Gasteiger partial charge is 0.465 e. The highest BCUT2D eigenvalue weighted by Gasteiger charge is 2.26. The topological polar surface area (TPSA) is 55.4 Å². The van der Waals surface area contributed by atoms with E-state index < -0.39 is 5.55 Å². The van der Waals surface area contributed by atoms with Crippen LogP contribution in [0.1, 0.15) is 34.6 Å². The third-order valence-corrected chi connectivity index (χ3v) is 10.5. The van der Waals surface area contributed by atoms with Crippen molar-refractivity contribution in [1.82, 2.24) is 5.32 Å². The molecule has 0 spiro atoms. The second kappa shape index (κ2) is 9.29. The molecule has 0 aromatic rings. The van der Waals surface area contributed by atoms with Gasteiger partial charge in [-0.25, -0.2) is 0 Å². The van der Waals surface area contributed by atoms with Crippen LogP contribution in [0.25, 0.3) is 0 Å². The van der Waals surface area contributed by atoms with Gasteiger partial charge in [0, 0.05) is 10.5 Å². The average molecular weight is 313 g/mol. The van der Waals surface area contributed by atoms with Gasteiger partial charge in [-0.1, -0.05) is 50.5 Å². The molecule has 0 saturated heterocycles. The highest BCUT2D eigenvalue weighted by Crippen LogP contribution is 2.70. The Morgan fingerprint density at radius 2 is 1.72 bits per heavy atom. The zero-order valence-electron chi connectivity index (χ0n) is 11.8. The van der Waals surface area contributed by atoms with Crippen LogP contribution in [0, 0.1) is 0 Å². The molecule has 0 atom stereocenters. The Morgan fingerprint density at radius 3 is 2.11 bits per heavy atom. The first kappa shape index (κ1) is 18.4. The summed E-state index contributed by atoms with van der Waals surface area (Å²) in [5, 5.41) is 3.57. The van der Waals surface area contributed by atoms with Crippen LogP contribution >= 0.6 is 28.3 Å². The first-order valence-electron chi connectivity index (χ1n) is 6.11. The van der Waals surface area contributed by atoms with Gasteiger partial charge < -0.3 is 4.74 Å². The van der Waals surface area contributed by atoms with Crippen molar-refractivity contribution in [3.8, 4) is 0 Å². The van der Waals surface area contributed by atoms with Gasteiger partial charge in [-0.05, 0) is 6.92 Å². The molecule has 0 aromatic heterocycles. The quantitative estimate of drug-likeness (QED) is 0.519. The normalized spacial score (nSPS) is 12.2. The standard InChI is InChI=1S/C11H24NO3PS2/c1-6-15-11(13)7-12-8-16(14,17-9(2)3)18-10(4)5/h9-10,12H,6-8H2,1-5H3. The minimum absolute atomic E-state index is 0.120. The van der Waals surface area contributed by atoms with Crippen LogP contribution in [-0.2, 0) is 14.1 Å². The van der Waals surface area contributed by atoms with Crippen molar-refractivity contribution in [2.75, 3.05) is 19.4 Å². The monoisotopic (exact) mass is 313 g/mol. The second-order valence-electron chi connectivity index (χ2n) is 4.31. The summed E-state index contributed by atoms with van der Waals surface area (Å²) in [5.74, 6) is -0.298. The maximum Gasteiger partial charge on any atom is 0.319 e. The van der Waals surface area contributed by atoms with Gasteiger partial charge in [-0.2, -0.15) is 0 Å². The fourth-order valence-electron chi connectivity index (χ4n) is 1.25. The second-order valence-corrected chi connectivity index (χ2v) is 13.7. The van der Waals surface area contributed by atoms with Crippen molar-refractivity contribution < 1.29 is 14.1 Å². The summed E-state index contributed by atoms with van der Waals surface area (Å²) < 4.78 is 17.5. The Bertz CT molecular complexity index is 284. The lowest BCUT2D eigenvalue weighted by Gasteiger charge is -2.21. The summed E-state index contributed by atoms with van der Waals surface area (Å²) in [5.41, 5.74) is -2.39. The number of esters is 1. The molecule has 0 bridgehead atoms. The van der Waals surface area contributed by atoms with Crippen LogP contribution in [0.5, 0.6) is 0 Å². The maximum absolute atomic E-state index is 12.7. The summed E-state index contributed by atoms with van der Waals surface area (Å²) in [4.78, 5) is 11.2. The lowest BCUT2D eigenvalue weighted by molar-refractivity contribution is -0.141. The van der Waals surface area contributed by atoms with Crippen LogP contribution in [0.3, 0.4) is 0 Å². The highest BCUT2D eigenvalue weighted by atomic mass is 33.1. The van der Waals surface area contributed by atoms with Crippen LogP contribution in [0.15, 0.2) is 0 Å². The van der Waals surface area contributed by atoms with Gasteiger partial charge in [0.2, 0.25) is 5.55 Å². The van der Waals surface area contributed by atoms with Crippen molar-refractivity contribution in [2.24, 2.45) is 0 Å². The van der Waals surface area contributed by atoms with Gasteiger partial charge in [0.05, 0.1) is 19.4 Å². The molecule has 4 nitrogen and oxygen atoms in total. The first-order chi connectivity index (χ1) is 8.29. The third kappa shape index (κ3) is 9.31. The first-order valence-corrected chi connectivity index (χ1v) is 11.0. The fraction of sp³-hybridized carbons (Fsp3) is 0.909. The molecule has 0 amide bonds. The third-order valence-electron chi connectivity index (χ3n) is 1.62. The number of hydrogen-bond acceptors (Lipinski definition) is 6. The summed E-state index contributed by atoms with van der Waals surface area (Å²) in [7, 11) is 0. The van der Waals surface area contributed by atoms with Crippen molar-refractivity contribution in [2.45, 2.75) is 45.1 Å². The number of nitrogens with one attached hydrogen (secondary N) is 1. The van der Waals surface area contributed by atoms with E-state index in [1.165, 1.54) is 22.8 Å². The zero-order chi connectivity index (χ0) is 14.2. The summed E-state index contributed by atoms with van der Waals surface area (Å²) in [6.45, 7) is 10.4. The van der Waals surface area contributed by atoms with Gasteiger partial charge in [-0.3, -0.25) is 14.7 Å². The molecule has 0 unspecified atom stereocenters. The van der Waals surface area contributed by atoms with E-state index in [2.05, 4.69) is 5.32 Å². The van der Waals surface area contributed by atoms with Gasteiger partial charge in [0.25, 0.3) is 0 Å². The van der Waals surface area contributed by atoms with Crippen molar-refractivity contribution in [1.29, 1.82) is 0 Å². The lowest BCUT2D eigenvalue weighted by atomic mass is 10.6. The Labute approximate surface area is 118 Å². The van der Waals surface area contributed by atoms with E-state index in [0.29, 0.717) is 23.4 Å². The Hall–Kier alpha value is 0.360. The molecule has 108 valence electrons. The molecular weight excluding hydrogens is 289 g/mol. The number of ether oxygens (including phenoxy) is 1. The van der Waals surface area contributed by atoms with E-state index in [9.17, 15) is 9.36 Å². The van der Waals surface area contributed by atoms with Crippen molar-refractivity contribution >= 4 is 34.3 Å². The van der Waals surface area contributed by atoms with E-state index >= 15 is 0 Å². The summed E-state index contributed by atoms with van der Waals surface area (Å²) >= 11 is 3.00. The predicted octanol–water partition coefficient (Wildman–Crippen LogP) is 3.57. The number of hydrogen-bond donors (Lipinski definition) is 1. The minimum atomic E-state index is -2.39. The number of rotatable bonds is 9. The molecular formula is C11H24NO3PS2. The molecule has 0 aromatic carbocycles. The predicted molar refractivity (Wildman–Crippen MR) is 82.6 cm³/mol. The Morgan fingerprint density at radius 1 is 1.22 bits per heavy atom. The van der Waals surface area contributed by atoms with Gasteiger partial charge in [0.15, 0.2) is 0 Å². The molecule has 18 heavy (non-hydrogen) atoms. The van der Waals surface area contributed by atoms with Crippen molar-refractivity contribution in [3.05, 3.63) is 0 Å². The number of carbonyl (C=O) groups is 1.